The standard InChI is InChI=1S/C18H21N3O4/c1-3-25-17-10-13(4-9-16(17)22)11-20-21-18(23)12-19-14-5-7-15(24-2)8-6-14/h4-11,19,22H,3,12H2,1-2H3,(H,21,23)/b20-11-. The molecule has 0 bridgehead atoms. The normalized spacial score (nSPS) is 10.5. The second-order valence-electron chi connectivity index (χ2n) is 5.04. The summed E-state index contributed by atoms with van der Waals surface area (Å²) in [5.41, 5.74) is 3.93. The Morgan fingerprint density at radius 3 is 2.68 bits per heavy atom. The Morgan fingerprint density at radius 2 is 2.00 bits per heavy atom. The van der Waals surface area contributed by atoms with Crippen LogP contribution in [0.1, 0.15) is 12.5 Å². The Kier molecular flexibility index (Phi) is 6.65. The number of phenolic OH excluding ortho intramolecular Hbond substituents is 1. The molecule has 0 aliphatic heterocycles. The summed E-state index contributed by atoms with van der Waals surface area (Å²) in [5.74, 6) is 0.904. The second kappa shape index (κ2) is 9.17. The molecule has 2 rings (SSSR count). The molecule has 0 atom stereocenters. The molecular weight excluding hydrogens is 322 g/mol. The van der Waals surface area contributed by atoms with Crippen LogP contribution in [0.25, 0.3) is 0 Å². The third kappa shape index (κ3) is 5.72. The van der Waals surface area contributed by atoms with Gasteiger partial charge in [-0.05, 0) is 55.0 Å². The van der Waals surface area contributed by atoms with E-state index in [-0.39, 0.29) is 18.2 Å². The first kappa shape index (κ1) is 18.1. The van der Waals surface area contributed by atoms with Crippen LogP contribution in [0.3, 0.4) is 0 Å². The van der Waals surface area contributed by atoms with Crippen LogP contribution in [0.5, 0.6) is 17.2 Å². The number of nitrogens with zero attached hydrogens (tertiary/aromatic N) is 1. The highest BCUT2D eigenvalue weighted by Gasteiger charge is 2.03. The summed E-state index contributed by atoms with van der Waals surface area (Å²) >= 11 is 0. The molecule has 1 amide bonds. The van der Waals surface area contributed by atoms with Gasteiger partial charge in [-0.1, -0.05) is 0 Å². The number of methoxy groups -OCH3 is 1. The first-order valence-corrected chi connectivity index (χ1v) is 7.78. The van der Waals surface area contributed by atoms with Crippen molar-refractivity contribution < 1.29 is 19.4 Å². The van der Waals surface area contributed by atoms with Gasteiger partial charge in [-0.2, -0.15) is 5.10 Å². The highest BCUT2D eigenvalue weighted by atomic mass is 16.5. The van der Waals surface area contributed by atoms with Crippen LogP contribution >= 0.6 is 0 Å². The number of hydrogen-bond acceptors (Lipinski definition) is 6. The Balaban J connectivity index is 1.82. The van der Waals surface area contributed by atoms with E-state index >= 15 is 0 Å². The lowest BCUT2D eigenvalue weighted by Crippen LogP contribution is -2.25. The molecule has 0 saturated carbocycles. The number of rotatable bonds is 8. The van der Waals surface area contributed by atoms with Crippen LogP contribution < -0.4 is 20.2 Å². The molecular formula is C18H21N3O4. The number of nitrogens with one attached hydrogen (secondary N) is 2. The van der Waals surface area contributed by atoms with Gasteiger partial charge in [0.05, 0.1) is 26.5 Å². The van der Waals surface area contributed by atoms with Gasteiger partial charge in [0.1, 0.15) is 5.75 Å². The summed E-state index contributed by atoms with van der Waals surface area (Å²) < 4.78 is 10.4. The molecule has 0 fully saturated rings. The van der Waals surface area contributed by atoms with E-state index in [0.29, 0.717) is 17.9 Å². The molecule has 0 radical (unpaired) electrons. The quantitative estimate of drug-likeness (QED) is 0.505. The largest absolute Gasteiger partial charge is 0.504 e. The molecule has 2 aromatic rings. The van der Waals surface area contributed by atoms with Gasteiger partial charge in [0.15, 0.2) is 11.5 Å². The van der Waals surface area contributed by atoms with E-state index in [4.69, 9.17) is 9.47 Å². The zero-order valence-electron chi connectivity index (χ0n) is 14.2. The lowest BCUT2D eigenvalue weighted by Gasteiger charge is -2.07. The monoisotopic (exact) mass is 343 g/mol. The summed E-state index contributed by atoms with van der Waals surface area (Å²) in [6.45, 7) is 2.36. The minimum Gasteiger partial charge on any atom is -0.504 e. The molecule has 0 unspecified atom stereocenters. The van der Waals surface area contributed by atoms with Crippen molar-refractivity contribution in [3.05, 3.63) is 48.0 Å². The Hall–Kier alpha value is -3.22. The van der Waals surface area contributed by atoms with Crippen molar-refractivity contribution in [2.45, 2.75) is 6.92 Å². The highest BCUT2D eigenvalue weighted by molar-refractivity contribution is 5.84. The van der Waals surface area contributed by atoms with Crippen molar-refractivity contribution >= 4 is 17.8 Å². The van der Waals surface area contributed by atoms with Crippen LogP contribution in [0.15, 0.2) is 47.6 Å². The third-order valence-electron chi connectivity index (χ3n) is 3.23. The van der Waals surface area contributed by atoms with Crippen molar-refractivity contribution in [1.82, 2.24) is 5.43 Å². The van der Waals surface area contributed by atoms with Gasteiger partial charge in [0, 0.05) is 5.69 Å². The lowest BCUT2D eigenvalue weighted by atomic mass is 10.2. The number of hydrazone groups is 1. The first-order valence-electron chi connectivity index (χ1n) is 7.78. The number of carbonyl (C=O) groups is 1. The van der Waals surface area contributed by atoms with Crippen molar-refractivity contribution in [2.24, 2.45) is 5.10 Å². The molecule has 132 valence electrons. The van der Waals surface area contributed by atoms with Gasteiger partial charge in [-0.3, -0.25) is 4.79 Å². The fraction of sp³-hybridized carbons (Fsp3) is 0.222. The van der Waals surface area contributed by atoms with Crippen LogP contribution in [0, 0.1) is 0 Å². The van der Waals surface area contributed by atoms with E-state index in [2.05, 4.69) is 15.8 Å². The second-order valence-corrected chi connectivity index (χ2v) is 5.04. The van der Waals surface area contributed by atoms with Crippen molar-refractivity contribution in [2.75, 3.05) is 25.6 Å². The maximum Gasteiger partial charge on any atom is 0.259 e. The average molecular weight is 343 g/mol. The van der Waals surface area contributed by atoms with E-state index in [1.54, 1.807) is 31.4 Å². The van der Waals surface area contributed by atoms with Gasteiger partial charge in [0.2, 0.25) is 0 Å². The van der Waals surface area contributed by atoms with Crippen LogP contribution in [0.2, 0.25) is 0 Å². The summed E-state index contributed by atoms with van der Waals surface area (Å²) in [4.78, 5) is 11.8. The van der Waals surface area contributed by atoms with Gasteiger partial charge in [0.25, 0.3) is 5.91 Å². The predicted molar refractivity (Wildman–Crippen MR) is 96.5 cm³/mol. The van der Waals surface area contributed by atoms with Crippen molar-refractivity contribution in [3.63, 3.8) is 0 Å². The lowest BCUT2D eigenvalue weighted by molar-refractivity contribution is -0.119. The van der Waals surface area contributed by atoms with Gasteiger partial charge < -0.3 is 19.9 Å². The fourth-order valence-electron chi connectivity index (χ4n) is 1.99. The number of aromatic hydroxyl groups is 1. The zero-order valence-corrected chi connectivity index (χ0v) is 14.2. The van der Waals surface area contributed by atoms with E-state index in [1.165, 1.54) is 12.3 Å². The molecule has 0 spiro atoms. The van der Waals surface area contributed by atoms with Gasteiger partial charge >= 0.3 is 0 Å². The number of amides is 1. The summed E-state index contributed by atoms with van der Waals surface area (Å²) in [7, 11) is 1.60. The molecule has 0 aromatic heterocycles. The Labute approximate surface area is 146 Å². The molecule has 2 aromatic carbocycles. The minimum atomic E-state index is -0.282. The van der Waals surface area contributed by atoms with E-state index in [9.17, 15) is 9.90 Å². The zero-order chi connectivity index (χ0) is 18.1. The van der Waals surface area contributed by atoms with Crippen LogP contribution in [0.4, 0.5) is 5.69 Å². The number of ether oxygens (including phenoxy) is 2. The number of benzene rings is 2. The third-order valence-corrected chi connectivity index (χ3v) is 3.23. The number of hydrogen-bond donors (Lipinski definition) is 3. The number of carbonyl (C=O) groups excluding carboxylic acids is 1. The molecule has 0 aliphatic rings. The SMILES string of the molecule is CCOc1cc(/C=N\NC(=O)CNc2ccc(OC)cc2)ccc1O. The summed E-state index contributed by atoms with van der Waals surface area (Å²) in [5, 5.41) is 16.5. The number of phenols is 1. The topological polar surface area (TPSA) is 92.2 Å². The van der Waals surface area contributed by atoms with E-state index in [0.717, 1.165) is 11.4 Å². The molecule has 3 N–H and O–H groups in total. The minimum absolute atomic E-state index is 0.0618. The molecule has 0 heterocycles. The maximum atomic E-state index is 11.8. The van der Waals surface area contributed by atoms with E-state index < -0.39 is 0 Å². The Morgan fingerprint density at radius 1 is 1.24 bits per heavy atom. The molecule has 7 heteroatoms. The van der Waals surface area contributed by atoms with Crippen LogP contribution in [-0.2, 0) is 4.79 Å². The highest BCUT2D eigenvalue weighted by Crippen LogP contribution is 2.26. The summed E-state index contributed by atoms with van der Waals surface area (Å²) in [6, 6.07) is 12.1. The van der Waals surface area contributed by atoms with Crippen LogP contribution in [-0.4, -0.2) is 37.5 Å². The molecule has 25 heavy (non-hydrogen) atoms. The molecule has 7 nitrogen and oxygen atoms in total. The fourth-order valence-corrected chi connectivity index (χ4v) is 1.99. The predicted octanol–water partition coefficient (Wildman–Crippen LogP) is 2.36. The van der Waals surface area contributed by atoms with Gasteiger partial charge in [-0.25, -0.2) is 5.43 Å². The summed E-state index contributed by atoms with van der Waals surface area (Å²) in [6.07, 6.45) is 1.48. The van der Waals surface area contributed by atoms with Crippen molar-refractivity contribution in [3.8, 4) is 17.2 Å². The van der Waals surface area contributed by atoms with Gasteiger partial charge in [-0.15, -0.1) is 0 Å². The van der Waals surface area contributed by atoms with Crippen molar-refractivity contribution in [1.29, 1.82) is 0 Å². The average Bonchev–Trinajstić information content (AvgIpc) is 2.63. The molecule has 0 saturated heterocycles. The van der Waals surface area contributed by atoms with E-state index in [1.807, 2.05) is 19.1 Å². The molecule has 0 aliphatic carbocycles. The maximum absolute atomic E-state index is 11.8. The Bertz CT molecular complexity index is 730. The first-order chi connectivity index (χ1) is 12.1. The number of anilines is 1. The smallest absolute Gasteiger partial charge is 0.259 e.